The van der Waals surface area contributed by atoms with Crippen LogP contribution in [-0.4, -0.2) is 25.9 Å². The number of aldehydes is 1. The lowest BCUT2D eigenvalue weighted by atomic mass is 10.3. The summed E-state index contributed by atoms with van der Waals surface area (Å²) in [6, 6.07) is 8.95. The quantitative estimate of drug-likeness (QED) is 0.620. The smallest absolute Gasteiger partial charge is 0.182 e. The van der Waals surface area contributed by atoms with E-state index in [1.807, 2.05) is 18.2 Å². The van der Waals surface area contributed by atoms with Gasteiger partial charge in [-0.1, -0.05) is 6.07 Å². The summed E-state index contributed by atoms with van der Waals surface area (Å²) in [5.41, 5.74) is 2.01. The molecule has 3 rings (SSSR count). The van der Waals surface area contributed by atoms with Gasteiger partial charge in [0.2, 0.25) is 0 Å². The van der Waals surface area contributed by atoms with Crippen molar-refractivity contribution in [3.05, 3.63) is 48.4 Å². The van der Waals surface area contributed by atoms with E-state index in [1.165, 1.54) is 4.52 Å². The van der Waals surface area contributed by atoms with Crippen LogP contribution in [0.3, 0.4) is 0 Å². The Kier molecular flexibility index (Phi) is 2.15. The third kappa shape index (κ3) is 1.57. The molecular formula is C12H8N4O. The summed E-state index contributed by atoms with van der Waals surface area (Å²) in [5, 5.41) is 4.30. The van der Waals surface area contributed by atoms with Gasteiger partial charge in [-0.2, -0.15) is 0 Å². The second kappa shape index (κ2) is 3.79. The highest BCUT2D eigenvalue weighted by Gasteiger charge is 2.07. The number of fused-ring (bicyclic) bond motifs is 1. The first-order chi connectivity index (χ1) is 8.38. The molecule has 0 aliphatic rings. The van der Waals surface area contributed by atoms with Gasteiger partial charge in [0.1, 0.15) is 5.69 Å². The molecule has 82 valence electrons. The normalized spacial score (nSPS) is 10.6. The van der Waals surface area contributed by atoms with E-state index in [4.69, 9.17) is 0 Å². The molecule has 0 amide bonds. The van der Waals surface area contributed by atoms with E-state index in [-0.39, 0.29) is 0 Å². The molecule has 3 heterocycles. The van der Waals surface area contributed by atoms with Gasteiger partial charge in [0.15, 0.2) is 17.8 Å². The van der Waals surface area contributed by atoms with Crippen LogP contribution in [0.25, 0.3) is 17.0 Å². The number of hydrogen-bond acceptors (Lipinski definition) is 4. The van der Waals surface area contributed by atoms with Crippen LogP contribution in [0, 0.1) is 0 Å². The van der Waals surface area contributed by atoms with Crippen LogP contribution in [0.1, 0.15) is 10.5 Å². The van der Waals surface area contributed by atoms with Crippen LogP contribution in [0.4, 0.5) is 0 Å². The fourth-order valence-electron chi connectivity index (χ4n) is 1.64. The van der Waals surface area contributed by atoms with E-state index in [0.717, 1.165) is 11.8 Å². The van der Waals surface area contributed by atoms with Gasteiger partial charge in [0, 0.05) is 18.0 Å². The Morgan fingerprint density at radius 2 is 1.94 bits per heavy atom. The SMILES string of the molecule is O=Cc1cccc2nc(-c3ccncc3)nn12. The molecule has 0 aliphatic carbocycles. The number of carbonyl (C=O) groups excluding carboxylic acids is 1. The molecule has 0 fully saturated rings. The van der Waals surface area contributed by atoms with Crippen molar-refractivity contribution in [3.8, 4) is 11.4 Å². The summed E-state index contributed by atoms with van der Waals surface area (Å²) in [7, 11) is 0. The lowest BCUT2D eigenvalue weighted by Crippen LogP contribution is -1.96. The second-order valence-electron chi connectivity index (χ2n) is 3.51. The molecule has 0 N–H and O–H groups in total. The summed E-state index contributed by atoms with van der Waals surface area (Å²) in [4.78, 5) is 19.2. The van der Waals surface area contributed by atoms with Crippen LogP contribution < -0.4 is 0 Å². The molecule has 5 nitrogen and oxygen atoms in total. The molecule has 3 aromatic rings. The summed E-state index contributed by atoms with van der Waals surface area (Å²) in [6.07, 6.45) is 4.13. The topological polar surface area (TPSA) is 60.2 Å². The Hall–Kier alpha value is -2.56. The molecule has 17 heavy (non-hydrogen) atoms. The fourth-order valence-corrected chi connectivity index (χ4v) is 1.64. The predicted octanol–water partition coefficient (Wildman–Crippen LogP) is 1.60. The van der Waals surface area contributed by atoms with Gasteiger partial charge >= 0.3 is 0 Å². The van der Waals surface area contributed by atoms with E-state index in [0.29, 0.717) is 17.2 Å². The van der Waals surface area contributed by atoms with Gasteiger partial charge in [-0.3, -0.25) is 9.78 Å². The Balaban J connectivity index is 2.24. The molecule has 0 saturated heterocycles. The first-order valence-electron chi connectivity index (χ1n) is 5.10. The van der Waals surface area contributed by atoms with Crippen molar-refractivity contribution in [2.24, 2.45) is 0 Å². The lowest BCUT2D eigenvalue weighted by Gasteiger charge is -1.93. The number of pyridine rings is 2. The first-order valence-corrected chi connectivity index (χ1v) is 5.10. The number of rotatable bonds is 2. The van der Waals surface area contributed by atoms with Gasteiger partial charge in [-0.25, -0.2) is 9.50 Å². The standard InChI is InChI=1S/C12H8N4O/c17-8-10-2-1-3-11-14-12(15-16(10)11)9-4-6-13-7-5-9/h1-8H. The third-order valence-electron chi connectivity index (χ3n) is 2.45. The molecule has 0 atom stereocenters. The van der Waals surface area contributed by atoms with Crippen molar-refractivity contribution in [2.75, 3.05) is 0 Å². The van der Waals surface area contributed by atoms with Crippen molar-refractivity contribution in [1.82, 2.24) is 19.6 Å². The van der Waals surface area contributed by atoms with Crippen LogP contribution in [0.2, 0.25) is 0 Å². The van der Waals surface area contributed by atoms with E-state index in [9.17, 15) is 4.79 Å². The minimum absolute atomic E-state index is 0.482. The molecule has 0 saturated carbocycles. The largest absolute Gasteiger partial charge is 0.296 e. The van der Waals surface area contributed by atoms with Gasteiger partial charge in [0.05, 0.1) is 0 Å². The van der Waals surface area contributed by atoms with E-state index >= 15 is 0 Å². The summed E-state index contributed by atoms with van der Waals surface area (Å²) < 4.78 is 1.53. The Labute approximate surface area is 96.8 Å². The highest BCUT2D eigenvalue weighted by atomic mass is 16.1. The zero-order valence-electron chi connectivity index (χ0n) is 8.82. The molecule has 5 heteroatoms. The Bertz CT molecular complexity index is 675. The van der Waals surface area contributed by atoms with Gasteiger partial charge in [-0.05, 0) is 24.3 Å². The summed E-state index contributed by atoms with van der Waals surface area (Å²) in [5.74, 6) is 0.585. The van der Waals surface area contributed by atoms with Gasteiger partial charge in [-0.15, -0.1) is 5.10 Å². The maximum absolute atomic E-state index is 10.9. The number of hydrogen-bond donors (Lipinski definition) is 0. The number of carbonyl (C=O) groups is 1. The molecule has 0 bridgehead atoms. The molecule has 0 unspecified atom stereocenters. The zero-order valence-corrected chi connectivity index (χ0v) is 8.82. The Morgan fingerprint density at radius 1 is 1.12 bits per heavy atom. The van der Waals surface area contributed by atoms with E-state index in [1.54, 1.807) is 24.5 Å². The van der Waals surface area contributed by atoms with Crippen LogP contribution in [-0.2, 0) is 0 Å². The van der Waals surface area contributed by atoms with E-state index < -0.39 is 0 Å². The number of nitrogens with zero attached hydrogens (tertiary/aromatic N) is 4. The van der Waals surface area contributed by atoms with Gasteiger partial charge in [0.25, 0.3) is 0 Å². The van der Waals surface area contributed by atoms with Crippen molar-refractivity contribution in [1.29, 1.82) is 0 Å². The highest BCUT2D eigenvalue weighted by Crippen LogP contribution is 2.15. The average molecular weight is 224 g/mol. The minimum atomic E-state index is 0.482. The van der Waals surface area contributed by atoms with Crippen molar-refractivity contribution in [3.63, 3.8) is 0 Å². The molecule has 0 spiro atoms. The van der Waals surface area contributed by atoms with Crippen LogP contribution >= 0.6 is 0 Å². The van der Waals surface area contributed by atoms with Crippen LogP contribution in [0.15, 0.2) is 42.7 Å². The van der Waals surface area contributed by atoms with E-state index in [2.05, 4.69) is 15.1 Å². The second-order valence-corrected chi connectivity index (χ2v) is 3.51. The lowest BCUT2D eigenvalue weighted by molar-refractivity contribution is 0.111. The maximum Gasteiger partial charge on any atom is 0.182 e. The fraction of sp³-hybridized carbons (Fsp3) is 0. The van der Waals surface area contributed by atoms with Crippen molar-refractivity contribution in [2.45, 2.75) is 0 Å². The molecule has 0 radical (unpaired) electrons. The third-order valence-corrected chi connectivity index (χ3v) is 2.45. The Morgan fingerprint density at radius 3 is 2.71 bits per heavy atom. The first kappa shape index (κ1) is 9.65. The molecule has 0 aliphatic heterocycles. The summed E-state index contributed by atoms with van der Waals surface area (Å²) >= 11 is 0. The maximum atomic E-state index is 10.9. The highest BCUT2D eigenvalue weighted by molar-refractivity contribution is 5.74. The predicted molar refractivity (Wildman–Crippen MR) is 61.6 cm³/mol. The van der Waals surface area contributed by atoms with Crippen LogP contribution in [0.5, 0.6) is 0 Å². The number of aromatic nitrogens is 4. The van der Waals surface area contributed by atoms with Crippen molar-refractivity contribution < 1.29 is 4.79 Å². The molecule has 3 aromatic heterocycles. The summed E-state index contributed by atoms with van der Waals surface area (Å²) in [6.45, 7) is 0. The molecule has 0 aromatic carbocycles. The van der Waals surface area contributed by atoms with Crippen molar-refractivity contribution >= 4 is 11.9 Å². The van der Waals surface area contributed by atoms with Gasteiger partial charge < -0.3 is 0 Å². The molecular weight excluding hydrogens is 216 g/mol. The monoisotopic (exact) mass is 224 g/mol. The minimum Gasteiger partial charge on any atom is -0.296 e. The average Bonchev–Trinajstić information content (AvgIpc) is 2.83. The zero-order chi connectivity index (χ0) is 11.7.